The van der Waals surface area contributed by atoms with Gasteiger partial charge in [-0.1, -0.05) is 36.4 Å². The van der Waals surface area contributed by atoms with E-state index in [0.29, 0.717) is 12.4 Å². The Hall–Kier alpha value is -2.73. The van der Waals surface area contributed by atoms with E-state index in [1.165, 1.54) is 0 Å². The van der Waals surface area contributed by atoms with E-state index in [-0.39, 0.29) is 24.9 Å². The molecular formula is C18H22N4O2. The SMILES string of the molecule is Cc1cccc(NC(=O)CN(C)CC(=O)NCc2ccccc2)n1. The molecule has 0 saturated heterocycles. The summed E-state index contributed by atoms with van der Waals surface area (Å²) >= 11 is 0. The van der Waals surface area contributed by atoms with Gasteiger partial charge in [-0.25, -0.2) is 4.98 Å². The summed E-state index contributed by atoms with van der Waals surface area (Å²) in [6, 6.07) is 15.1. The number of hydrogen-bond acceptors (Lipinski definition) is 4. The minimum Gasteiger partial charge on any atom is -0.351 e. The number of aromatic nitrogens is 1. The number of rotatable bonds is 7. The maximum atomic E-state index is 12.0. The smallest absolute Gasteiger partial charge is 0.239 e. The van der Waals surface area contributed by atoms with Crippen LogP contribution in [0.5, 0.6) is 0 Å². The van der Waals surface area contributed by atoms with Gasteiger partial charge in [0.2, 0.25) is 11.8 Å². The van der Waals surface area contributed by atoms with Crippen LogP contribution in [0.4, 0.5) is 5.82 Å². The maximum Gasteiger partial charge on any atom is 0.239 e. The molecule has 0 fully saturated rings. The fourth-order valence-corrected chi connectivity index (χ4v) is 2.19. The third-order valence-electron chi connectivity index (χ3n) is 3.32. The van der Waals surface area contributed by atoms with Crippen LogP contribution in [-0.2, 0) is 16.1 Å². The zero-order chi connectivity index (χ0) is 17.4. The molecule has 1 heterocycles. The minimum atomic E-state index is -0.202. The number of carbonyl (C=O) groups excluding carboxylic acids is 2. The van der Waals surface area contributed by atoms with E-state index in [4.69, 9.17) is 0 Å². The van der Waals surface area contributed by atoms with E-state index in [0.717, 1.165) is 11.3 Å². The minimum absolute atomic E-state index is 0.119. The van der Waals surface area contributed by atoms with Gasteiger partial charge >= 0.3 is 0 Å². The standard InChI is InChI=1S/C18H22N4O2/c1-14-7-6-10-16(20-14)21-18(24)13-22(2)12-17(23)19-11-15-8-4-3-5-9-15/h3-10H,11-13H2,1-2H3,(H,19,23)(H,20,21,24). The fourth-order valence-electron chi connectivity index (χ4n) is 2.19. The lowest BCUT2D eigenvalue weighted by atomic mass is 10.2. The molecule has 6 nitrogen and oxygen atoms in total. The van der Waals surface area contributed by atoms with Crippen LogP contribution in [-0.4, -0.2) is 41.8 Å². The summed E-state index contributed by atoms with van der Waals surface area (Å²) in [5.74, 6) is 0.191. The lowest BCUT2D eigenvalue weighted by Gasteiger charge is -2.16. The number of pyridine rings is 1. The normalized spacial score (nSPS) is 10.5. The first-order valence-corrected chi connectivity index (χ1v) is 7.75. The van der Waals surface area contributed by atoms with Crippen LogP contribution in [0.25, 0.3) is 0 Å². The van der Waals surface area contributed by atoms with Gasteiger partial charge in [0.05, 0.1) is 13.1 Å². The van der Waals surface area contributed by atoms with Gasteiger partial charge < -0.3 is 10.6 Å². The third-order valence-corrected chi connectivity index (χ3v) is 3.32. The van der Waals surface area contributed by atoms with E-state index < -0.39 is 0 Å². The van der Waals surface area contributed by atoms with Crippen molar-refractivity contribution in [2.45, 2.75) is 13.5 Å². The molecule has 1 aromatic heterocycles. The average Bonchev–Trinajstić information content (AvgIpc) is 2.53. The van der Waals surface area contributed by atoms with Crippen LogP contribution >= 0.6 is 0 Å². The van der Waals surface area contributed by atoms with Crippen molar-refractivity contribution >= 4 is 17.6 Å². The van der Waals surface area contributed by atoms with Gasteiger partial charge in [0.15, 0.2) is 0 Å². The molecule has 6 heteroatoms. The van der Waals surface area contributed by atoms with Crippen LogP contribution in [0.3, 0.4) is 0 Å². The fraction of sp³-hybridized carbons (Fsp3) is 0.278. The highest BCUT2D eigenvalue weighted by atomic mass is 16.2. The first-order valence-electron chi connectivity index (χ1n) is 7.75. The average molecular weight is 326 g/mol. The molecule has 0 spiro atoms. The van der Waals surface area contributed by atoms with E-state index in [1.54, 1.807) is 18.0 Å². The quantitative estimate of drug-likeness (QED) is 0.810. The van der Waals surface area contributed by atoms with Crippen molar-refractivity contribution in [1.29, 1.82) is 0 Å². The molecule has 2 rings (SSSR count). The summed E-state index contributed by atoms with van der Waals surface area (Å²) < 4.78 is 0. The number of anilines is 1. The largest absolute Gasteiger partial charge is 0.351 e. The first kappa shape index (κ1) is 17.6. The summed E-state index contributed by atoms with van der Waals surface area (Å²) in [7, 11) is 1.73. The number of nitrogens with one attached hydrogen (secondary N) is 2. The number of nitrogens with zero attached hydrogens (tertiary/aromatic N) is 2. The Morgan fingerprint density at radius 3 is 2.42 bits per heavy atom. The Labute approximate surface area is 141 Å². The Balaban J connectivity index is 1.72. The van der Waals surface area contributed by atoms with Gasteiger partial charge in [-0.15, -0.1) is 0 Å². The predicted molar refractivity (Wildman–Crippen MR) is 93.4 cm³/mol. The van der Waals surface area contributed by atoms with E-state index in [2.05, 4.69) is 15.6 Å². The van der Waals surface area contributed by atoms with E-state index in [9.17, 15) is 9.59 Å². The van der Waals surface area contributed by atoms with Gasteiger partial charge in [-0.05, 0) is 31.7 Å². The van der Waals surface area contributed by atoms with Gasteiger partial charge in [-0.2, -0.15) is 0 Å². The molecule has 0 bridgehead atoms. The molecule has 0 aliphatic carbocycles. The molecule has 0 atom stereocenters. The topological polar surface area (TPSA) is 74.3 Å². The summed E-state index contributed by atoms with van der Waals surface area (Å²) in [6.07, 6.45) is 0. The zero-order valence-corrected chi connectivity index (χ0v) is 14.0. The van der Waals surface area contributed by atoms with Gasteiger partial charge in [0, 0.05) is 12.2 Å². The number of aryl methyl sites for hydroxylation is 1. The van der Waals surface area contributed by atoms with Crippen LogP contribution in [0, 0.1) is 6.92 Å². The number of amides is 2. The lowest BCUT2D eigenvalue weighted by molar-refractivity contribution is -0.123. The molecule has 0 aliphatic heterocycles. The summed E-state index contributed by atoms with van der Waals surface area (Å²) in [5, 5.41) is 5.56. The van der Waals surface area contributed by atoms with Crippen molar-refractivity contribution in [3.63, 3.8) is 0 Å². The zero-order valence-electron chi connectivity index (χ0n) is 14.0. The molecule has 2 aromatic rings. The van der Waals surface area contributed by atoms with Gasteiger partial charge in [0.25, 0.3) is 0 Å². The van der Waals surface area contributed by atoms with Crippen molar-refractivity contribution in [2.75, 3.05) is 25.5 Å². The van der Waals surface area contributed by atoms with E-state index in [1.807, 2.05) is 49.4 Å². The lowest BCUT2D eigenvalue weighted by Crippen LogP contribution is -2.38. The molecule has 0 aliphatic rings. The maximum absolute atomic E-state index is 12.0. The Bertz CT molecular complexity index is 688. The highest BCUT2D eigenvalue weighted by Gasteiger charge is 2.11. The second-order valence-corrected chi connectivity index (χ2v) is 5.65. The van der Waals surface area contributed by atoms with Crippen LogP contribution in [0.2, 0.25) is 0 Å². The molecule has 1 aromatic carbocycles. The van der Waals surface area contributed by atoms with Crippen molar-refractivity contribution < 1.29 is 9.59 Å². The molecule has 2 amide bonds. The first-order chi connectivity index (χ1) is 11.5. The van der Waals surface area contributed by atoms with E-state index >= 15 is 0 Å². The van der Waals surface area contributed by atoms with Crippen LogP contribution < -0.4 is 10.6 Å². The van der Waals surface area contributed by atoms with Gasteiger partial charge in [-0.3, -0.25) is 14.5 Å². The predicted octanol–water partition coefficient (Wildman–Crippen LogP) is 1.58. The monoisotopic (exact) mass is 326 g/mol. The van der Waals surface area contributed by atoms with Crippen molar-refractivity contribution in [3.8, 4) is 0 Å². The highest BCUT2D eigenvalue weighted by molar-refractivity contribution is 5.91. The second kappa shape index (κ2) is 8.79. The molecule has 0 unspecified atom stereocenters. The summed E-state index contributed by atoms with van der Waals surface area (Å²) in [4.78, 5) is 29.8. The number of carbonyl (C=O) groups is 2. The van der Waals surface area contributed by atoms with Crippen molar-refractivity contribution in [1.82, 2.24) is 15.2 Å². The Morgan fingerprint density at radius 2 is 1.71 bits per heavy atom. The summed E-state index contributed by atoms with van der Waals surface area (Å²) in [5.41, 5.74) is 1.87. The highest BCUT2D eigenvalue weighted by Crippen LogP contribution is 2.03. The summed E-state index contributed by atoms with van der Waals surface area (Å²) in [6.45, 7) is 2.61. The van der Waals surface area contributed by atoms with Crippen LogP contribution in [0.15, 0.2) is 48.5 Å². The third kappa shape index (κ3) is 6.18. The molecule has 24 heavy (non-hydrogen) atoms. The molecule has 126 valence electrons. The van der Waals surface area contributed by atoms with Crippen LogP contribution in [0.1, 0.15) is 11.3 Å². The molecule has 0 radical (unpaired) electrons. The van der Waals surface area contributed by atoms with Gasteiger partial charge in [0.1, 0.15) is 5.82 Å². The molecule has 2 N–H and O–H groups in total. The Kier molecular flexibility index (Phi) is 6.45. The number of hydrogen-bond donors (Lipinski definition) is 2. The number of likely N-dealkylation sites (N-methyl/N-ethyl adjacent to an activating group) is 1. The van der Waals surface area contributed by atoms with Crippen molar-refractivity contribution in [2.24, 2.45) is 0 Å². The van der Waals surface area contributed by atoms with Crippen molar-refractivity contribution in [3.05, 3.63) is 59.8 Å². The number of benzene rings is 1. The molecule has 0 saturated carbocycles. The second-order valence-electron chi connectivity index (χ2n) is 5.65. The Morgan fingerprint density at radius 1 is 1.00 bits per heavy atom. The molecular weight excluding hydrogens is 304 g/mol.